The van der Waals surface area contributed by atoms with E-state index >= 15 is 0 Å². The normalized spacial score (nSPS) is 18.8. The molecule has 1 atom stereocenters. The van der Waals surface area contributed by atoms with Crippen LogP contribution in [0.2, 0.25) is 0 Å². The van der Waals surface area contributed by atoms with Crippen LogP contribution in [0.4, 0.5) is 0 Å². The molecule has 1 unspecified atom stereocenters. The van der Waals surface area contributed by atoms with Gasteiger partial charge >= 0.3 is 0 Å². The number of likely N-dealkylation sites (N-methyl/N-ethyl adjacent to an activating group) is 1. The number of nitrogens with one attached hydrogen (secondary N) is 1. The van der Waals surface area contributed by atoms with Crippen LogP contribution in [0, 0.1) is 6.92 Å². The van der Waals surface area contributed by atoms with E-state index in [9.17, 15) is 4.79 Å². The highest BCUT2D eigenvalue weighted by Crippen LogP contribution is 2.13. The Morgan fingerprint density at radius 2 is 2.41 bits per heavy atom. The molecule has 1 saturated heterocycles. The summed E-state index contributed by atoms with van der Waals surface area (Å²) < 4.78 is 5.22. The minimum absolute atomic E-state index is 0. The molecule has 1 N–H and O–H groups in total. The Balaban J connectivity index is 0.00000144. The molecule has 1 aliphatic heterocycles. The summed E-state index contributed by atoms with van der Waals surface area (Å²) in [6.07, 6.45) is 3.71. The molecule has 1 aliphatic rings. The van der Waals surface area contributed by atoms with Crippen LogP contribution >= 0.6 is 12.4 Å². The number of halogens is 1. The third kappa shape index (κ3) is 3.23. The molecule has 0 bridgehead atoms. The minimum Gasteiger partial charge on any atom is -0.469 e. The minimum atomic E-state index is 0. The summed E-state index contributed by atoms with van der Waals surface area (Å²) >= 11 is 0. The third-order valence-electron chi connectivity index (χ3n) is 3.11. The van der Waals surface area contributed by atoms with Crippen LogP contribution in [-0.2, 0) is 11.3 Å². The molecule has 96 valence electrons. The summed E-state index contributed by atoms with van der Waals surface area (Å²) in [5.74, 6) is 1.07. The van der Waals surface area contributed by atoms with Gasteiger partial charge in [-0.25, -0.2) is 0 Å². The maximum atomic E-state index is 12.0. The summed E-state index contributed by atoms with van der Waals surface area (Å²) in [5, 5.41) is 3.22. The average Bonchev–Trinajstić information content (AvgIpc) is 2.89. The van der Waals surface area contributed by atoms with Crippen LogP contribution in [-0.4, -0.2) is 30.4 Å². The van der Waals surface area contributed by atoms with Crippen LogP contribution in [0.5, 0.6) is 0 Å². The second-order valence-corrected chi connectivity index (χ2v) is 4.35. The van der Waals surface area contributed by atoms with Gasteiger partial charge in [-0.1, -0.05) is 0 Å². The lowest BCUT2D eigenvalue weighted by atomic mass is 10.2. The molecule has 5 heteroatoms. The molecule has 0 spiro atoms. The molecule has 1 aromatic heterocycles. The van der Waals surface area contributed by atoms with Crippen molar-refractivity contribution in [2.75, 3.05) is 13.6 Å². The monoisotopic (exact) mass is 258 g/mol. The molecule has 4 nitrogen and oxygen atoms in total. The van der Waals surface area contributed by atoms with E-state index in [1.807, 2.05) is 20.0 Å². The lowest BCUT2D eigenvalue weighted by Crippen LogP contribution is -2.41. The Morgan fingerprint density at radius 1 is 1.65 bits per heavy atom. The van der Waals surface area contributed by atoms with Gasteiger partial charge in [0.1, 0.15) is 5.76 Å². The molecular weight excluding hydrogens is 240 g/mol. The number of carbonyl (C=O) groups is 1. The van der Waals surface area contributed by atoms with Crippen molar-refractivity contribution < 1.29 is 9.21 Å². The van der Waals surface area contributed by atoms with Crippen molar-refractivity contribution in [3.05, 3.63) is 23.7 Å². The first-order chi connectivity index (χ1) is 7.68. The molecule has 2 heterocycles. The zero-order chi connectivity index (χ0) is 11.5. The van der Waals surface area contributed by atoms with E-state index in [1.54, 1.807) is 11.2 Å². The van der Waals surface area contributed by atoms with Gasteiger partial charge in [-0.05, 0) is 32.4 Å². The number of furan rings is 1. The fourth-order valence-corrected chi connectivity index (χ4v) is 2.07. The first-order valence-electron chi connectivity index (χ1n) is 5.70. The van der Waals surface area contributed by atoms with E-state index in [-0.39, 0.29) is 24.4 Å². The average molecular weight is 259 g/mol. The van der Waals surface area contributed by atoms with Crippen molar-refractivity contribution in [3.8, 4) is 0 Å². The highest BCUT2D eigenvalue weighted by molar-refractivity contribution is 5.85. The van der Waals surface area contributed by atoms with Gasteiger partial charge in [0.05, 0.1) is 12.3 Å². The number of nitrogens with zero attached hydrogens (tertiary/aromatic N) is 1. The molecule has 0 radical (unpaired) electrons. The molecule has 0 aliphatic carbocycles. The zero-order valence-electron chi connectivity index (χ0n) is 10.2. The van der Waals surface area contributed by atoms with Crippen LogP contribution in [0.3, 0.4) is 0 Å². The number of aryl methyl sites for hydroxylation is 1. The van der Waals surface area contributed by atoms with Gasteiger partial charge in [-0.3, -0.25) is 4.79 Å². The lowest BCUT2D eigenvalue weighted by molar-refractivity contribution is -0.132. The van der Waals surface area contributed by atoms with Gasteiger partial charge in [-0.2, -0.15) is 0 Å². The molecule has 1 aromatic rings. The summed E-state index contributed by atoms with van der Waals surface area (Å²) in [5.41, 5.74) is 1.08. The van der Waals surface area contributed by atoms with E-state index in [4.69, 9.17) is 4.42 Å². The van der Waals surface area contributed by atoms with E-state index < -0.39 is 0 Å². The quantitative estimate of drug-likeness (QED) is 0.898. The van der Waals surface area contributed by atoms with Gasteiger partial charge in [0.25, 0.3) is 0 Å². The highest BCUT2D eigenvalue weighted by Gasteiger charge is 2.25. The molecule has 17 heavy (non-hydrogen) atoms. The molecule has 0 saturated carbocycles. The second kappa shape index (κ2) is 6.07. The SMILES string of the molecule is Cc1occc1CN(C)C(=O)C1CCCN1.Cl. The Bertz CT molecular complexity index is 372. The van der Waals surface area contributed by atoms with Crippen LogP contribution < -0.4 is 5.32 Å². The van der Waals surface area contributed by atoms with Gasteiger partial charge in [0, 0.05) is 19.2 Å². The van der Waals surface area contributed by atoms with Gasteiger partial charge < -0.3 is 14.6 Å². The Labute approximate surface area is 108 Å². The maximum Gasteiger partial charge on any atom is 0.239 e. The van der Waals surface area contributed by atoms with Crippen LogP contribution in [0.15, 0.2) is 16.7 Å². The fraction of sp³-hybridized carbons (Fsp3) is 0.583. The molecule has 2 rings (SSSR count). The maximum absolute atomic E-state index is 12.0. The fourth-order valence-electron chi connectivity index (χ4n) is 2.07. The van der Waals surface area contributed by atoms with Crippen molar-refractivity contribution in [1.82, 2.24) is 10.2 Å². The van der Waals surface area contributed by atoms with Crippen molar-refractivity contribution >= 4 is 18.3 Å². The zero-order valence-corrected chi connectivity index (χ0v) is 11.0. The van der Waals surface area contributed by atoms with Gasteiger partial charge in [-0.15, -0.1) is 12.4 Å². The lowest BCUT2D eigenvalue weighted by Gasteiger charge is -2.20. The number of hydrogen-bond acceptors (Lipinski definition) is 3. The molecule has 0 aromatic carbocycles. The van der Waals surface area contributed by atoms with E-state index in [2.05, 4.69) is 5.32 Å². The highest BCUT2D eigenvalue weighted by atomic mass is 35.5. The molecular formula is C12H19ClN2O2. The Morgan fingerprint density at radius 3 is 2.94 bits per heavy atom. The number of hydrogen-bond donors (Lipinski definition) is 1. The topological polar surface area (TPSA) is 45.5 Å². The van der Waals surface area contributed by atoms with E-state index in [1.165, 1.54) is 0 Å². The van der Waals surface area contributed by atoms with Crippen molar-refractivity contribution in [2.24, 2.45) is 0 Å². The summed E-state index contributed by atoms with van der Waals surface area (Å²) in [6, 6.07) is 1.93. The van der Waals surface area contributed by atoms with Crippen molar-refractivity contribution in [2.45, 2.75) is 32.4 Å². The van der Waals surface area contributed by atoms with Crippen molar-refractivity contribution in [1.29, 1.82) is 0 Å². The van der Waals surface area contributed by atoms with E-state index in [0.29, 0.717) is 6.54 Å². The first kappa shape index (κ1) is 14.1. The van der Waals surface area contributed by atoms with Gasteiger partial charge in [0.2, 0.25) is 5.91 Å². The standard InChI is InChI=1S/C12H18N2O2.ClH/c1-9-10(5-7-16-9)8-14(2)12(15)11-4-3-6-13-11;/h5,7,11,13H,3-4,6,8H2,1-2H3;1H. The van der Waals surface area contributed by atoms with Gasteiger partial charge in [0.15, 0.2) is 0 Å². The molecule has 1 amide bonds. The number of amides is 1. The second-order valence-electron chi connectivity index (χ2n) is 4.35. The Kier molecular flexibility index (Phi) is 5.02. The summed E-state index contributed by atoms with van der Waals surface area (Å²) in [4.78, 5) is 13.8. The third-order valence-corrected chi connectivity index (χ3v) is 3.11. The van der Waals surface area contributed by atoms with Crippen LogP contribution in [0.1, 0.15) is 24.2 Å². The number of carbonyl (C=O) groups excluding carboxylic acids is 1. The first-order valence-corrected chi connectivity index (χ1v) is 5.70. The Hall–Kier alpha value is -1.00. The number of rotatable bonds is 3. The summed E-state index contributed by atoms with van der Waals surface area (Å²) in [6.45, 7) is 3.50. The van der Waals surface area contributed by atoms with Crippen molar-refractivity contribution in [3.63, 3.8) is 0 Å². The van der Waals surface area contributed by atoms with Crippen LogP contribution in [0.25, 0.3) is 0 Å². The largest absolute Gasteiger partial charge is 0.469 e. The smallest absolute Gasteiger partial charge is 0.239 e. The predicted octanol–water partition coefficient (Wildman–Crippen LogP) is 1.72. The molecule has 1 fully saturated rings. The van der Waals surface area contributed by atoms with E-state index in [0.717, 1.165) is 30.7 Å². The predicted molar refractivity (Wildman–Crippen MR) is 68.2 cm³/mol. The summed E-state index contributed by atoms with van der Waals surface area (Å²) in [7, 11) is 1.84.